The fourth-order valence-electron chi connectivity index (χ4n) is 1.95. The number of hydrogen-bond donors (Lipinski definition) is 2. The molecule has 0 aromatic carbocycles. The maximum Gasteiger partial charge on any atom is 0.224 e. The molecule has 0 saturated carbocycles. The first-order valence-electron chi connectivity index (χ1n) is 4.88. The monoisotopic (exact) mass is 185 g/mol. The van der Waals surface area contributed by atoms with E-state index in [1.54, 1.807) is 0 Å². The Balaban J connectivity index is 2.52. The maximum absolute atomic E-state index is 11.6. The second kappa shape index (κ2) is 4.58. The lowest BCUT2D eigenvalue weighted by atomic mass is 10.1. The quantitative estimate of drug-likeness (QED) is 0.624. The van der Waals surface area contributed by atoms with E-state index in [0.717, 1.165) is 13.0 Å². The molecule has 0 spiro atoms. The largest absolute Gasteiger partial charge is 0.338 e. The number of likely N-dealkylation sites (tertiary alicyclic amines) is 1. The molecule has 4 nitrogen and oxygen atoms in total. The summed E-state index contributed by atoms with van der Waals surface area (Å²) in [5.41, 5.74) is 10.9. The van der Waals surface area contributed by atoms with Crippen LogP contribution in [0.25, 0.3) is 0 Å². The number of carbonyl (C=O) groups excluding carboxylic acids is 1. The topological polar surface area (TPSA) is 72.3 Å². The van der Waals surface area contributed by atoms with E-state index < -0.39 is 0 Å². The highest BCUT2D eigenvalue weighted by Gasteiger charge is 2.31. The lowest BCUT2D eigenvalue weighted by Crippen LogP contribution is -2.40. The van der Waals surface area contributed by atoms with Crippen LogP contribution in [0.2, 0.25) is 0 Å². The molecule has 0 radical (unpaired) electrons. The Morgan fingerprint density at radius 3 is 2.77 bits per heavy atom. The van der Waals surface area contributed by atoms with Gasteiger partial charge in [-0.05, 0) is 12.3 Å². The van der Waals surface area contributed by atoms with Gasteiger partial charge in [0, 0.05) is 32.1 Å². The first-order chi connectivity index (χ1) is 6.19. The molecule has 1 aliphatic heterocycles. The van der Waals surface area contributed by atoms with Crippen molar-refractivity contribution in [2.24, 2.45) is 17.4 Å². The Labute approximate surface area is 79.3 Å². The van der Waals surface area contributed by atoms with Crippen LogP contribution >= 0.6 is 0 Å². The molecule has 1 fully saturated rings. The van der Waals surface area contributed by atoms with Gasteiger partial charge in [0.1, 0.15) is 0 Å². The van der Waals surface area contributed by atoms with E-state index >= 15 is 0 Å². The van der Waals surface area contributed by atoms with Crippen molar-refractivity contribution in [3.05, 3.63) is 0 Å². The minimum atomic E-state index is 0.155. The summed E-state index contributed by atoms with van der Waals surface area (Å²) in [6.45, 7) is 4.00. The van der Waals surface area contributed by atoms with Gasteiger partial charge in [0.2, 0.25) is 5.91 Å². The molecule has 0 aromatic heterocycles. The molecular formula is C9H19N3O. The van der Waals surface area contributed by atoms with Crippen molar-refractivity contribution in [3.8, 4) is 0 Å². The lowest BCUT2D eigenvalue weighted by Gasteiger charge is -2.23. The lowest BCUT2D eigenvalue weighted by molar-refractivity contribution is -0.131. The Hall–Kier alpha value is -0.610. The molecule has 1 amide bonds. The Bertz CT molecular complexity index is 184. The van der Waals surface area contributed by atoms with Gasteiger partial charge in [0.15, 0.2) is 0 Å². The van der Waals surface area contributed by atoms with Crippen molar-refractivity contribution < 1.29 is 4.79 Å². The standard InChI is InChI=1S/C9H19N3O/c1-7-4-8(5-11)12(6-7)9(13)2-3-10/h7-8H,2-6,10-11H2,1H3. The van der Waals surface area contributed by atoms with Crippen LogP contribution in [0.1, 0.15) is 19.8 Å². The zero-order valence-electron chi connectivity index (χ0n) is 8.20. The van der Waals surface area contributed by atoms with Crippen molar-refractivity contribution in [1.29, 1.82) is 0 Å². The van der Waals surface area contributed by atoms with Crippen LogP contribution in [0.5, 0.6) is 0 Å². The van der Waals surface area contributed by atoms with Crippen LogP contribution in [-0.4, -0.2) is 36.5 Å². The highest BCUT2D eigenvalue weighted by atomic mass is 16.2. The van der Waals surface area contributed by atoms with Crippen LogP contribution in [0, 0.1) is 5.92 Å². The summed E-state index contributed by atoms with van der Waals surface area (Å²) in [4.78, 5) is 13.4. The van der Waals surface area contributed by atoms with E-state index in [1.165, 1.54) is 0 Å². The van der Waals surface area contributed by atoms with Crippen molar-refractivity contribution in [1.82, 2.24) is 4.90 Å². The summed E-state index contributed by atoms with van der Waals surface area (Å²) in [6.07, 6.45) is 1.48. The summed E-state index contributed by atoms with van der Waals surface area (Å²) in [5.74, 6) is 0.734. The fraction of sp³-hybridized carbons (Fsp3) is 0.889. The van der Waals surface area contributed by atoms with E-state index in [1.807, 2.05) is 4.90 Å². The molecule has 0 aromatic rings. The van der Waals surface area contributed by atoms with Crippen molar-refractivity contribution in [2.75, 3.05) is 19.6 Å². The summed E-state index contributed by atoms with van der Waals surface area (Å²) in [7, 11) is 0. The van der Waals surface area contributed by atoms with Gasteiger partial charge in [-0.15, -0.1) is 0 Å². The molecule has 4 N–H and O–H groups in total. The van der Waals surface area contributed by atoms with E-state index in [9.17, 15) is 4.79 Å². The van der Waals surface area contributed by atoms with Crippen molar-refractivity contribution in [3.63, 3.8) is 0 Å². The number of nitrogens with zero attached hydrogens (tertiary/aromatic N) is 1. The summed E-state index contributed by atoms with van der Waals surface area (Å²) in [6, 6.07) is 0.244. The third-order valence-electron chi connectivity index (χ3n) is 2.57. The predicted molar refractivity (Wildman–Crippen MR) is 52.0 cm³/mol. The molecule has 4 heteroatoms. The molecule has 1 saturated heterocycles. The molecule has 0 bridgehead atoms. The molecule has 0 aliphatic carbocycles. The molecule has 2 atom stereocenters. The van der Waals surface area contributed by atoms with Gasteiger partial charge in [-0.3, -0.25) is 4.79 Å². The average molecular weight is 185 g/mol. The number of hydrogen-bond acceptors (Lipinski definition) is 3. The zero-order valence-corrected chi connectivity index (χ0v) is 8.20. The SMILES string of the molecule is CC1CC(CN)N(C(=O)CCN)C1. The number of amides is 1. The average Bonchev–Trinajstić information content (AvgIpc) is 2.47. The van der Waals surface area contributed by atoms with Crippen molar-refractivity contribution in [2.45, 2.75) is 25.8 Å². The fourth-order valence-corrected chi connectivity index (χ4v) is 1.95. The molecule has 1 rings (SSSR count). The predicted octanol–water partition coefficient (Wildman–Crippen LogP) is -0.469. The van der Waals surface area contributed by atoms with Gasteiger partial charge >= 0.3 is 0 Å². The van der Waals surface area contributed by atoms with Crippen LogP contribution < -0.4 is 11.5 Å². The first-order valence-corrected chi connectivity index (χ1v) is 4.88. The summed E-state index contributed by atoms with van der Waals surface area (Å²) < 4.78 is 0. The minimum absolute atomic E-state index is 0.155. The van der Waals surface area contributed by atoms with Gasteiger partial charge in [0.05, 0.1) is 0 Å². The minimum Gasteiger partial charge on any atom is -0.338 e. The number of carbonyl (C=O) groups is 1. The number of nitrogens with two attached hydrogens (primary N) is 2. The van der Waals surface area contributed by atoms with E-state index in [0.29, 0.717) is 25.4 Å². The molecule has 1 aliphatic rings. The molecular weight excluding hydrogens is 166 g/mol. The van der Waals surface area contributed by atoms with Crippen LogP contribution in [-0.2, 0) is 4.79 Å². The maximum atomic E-state index is 11.6. The third kappa shape index (κ3) is 2.42. The summed E-state index contributed by atoms with van der Waals surface area (Å²) in [5, 5.41) is 0. The normalized spacial score (nSPS) is 28.1. The van der Waals surface area contributed by atoms with Gasteiger partial charge < -0.3 is 16.4 Å². The molecule has 2 unspecified atom stereocenters. The Kier molecular flexibility index (Phi) is 3.69. The molecule has 76 valence electrons. The van der Waals surface area contributed by atoms with Crippen LogP contribution in [0.3, 0.4) is 0 Å². The highest BCUT2D eigenvalue weighted by molar-refractivity contribution is 5.77. The third-order valence-corrected chi connectivity index (χ3v) is 2.57. The van der Waals surface area contributed by atoms with Crippen molar-refractivity contribution >= 4 is 5.91 Å². The van der Waals surface area contributed by atoms with E-state index in [-0.39, 0.29) is 11.9 Å². The highest BCUT2D eigenvalue weighted by Crippen LogP contribution is 2.22. The van der Waals surface area contributed by atoms with Gasteiger partial charge in [-0.1, -0.05) is 6.92 Å². The molecule has 1 heterocycles. The smallest absolute Gasteiger partial charge is 0.224 e. The first kappa shape index (κ1) is 10.5. The van der Waals surface area contributed by atoms with Gasteiger partial charge in [-0.2, -0.15) is 0 Å². The van der Waals surface area contributed by atoms with Gasteiger partial charge in [0.25, 0.3) is 0 Å². The van der Waals surface area contributed by atoms with Gasteiger partial charge in [-0.25, -0.2) is 0 Å². The number of rotatable bonds is 3. The van der Waals surface area contributed by atoms with Crippen LogP contribution in [0.15, 0.2) is 0 Å². The van der Waals surface area contributed by atoms with E-state index in [2.05, 4.69) is 6.92 Å². The van der Waals surface area contributed by atoms with Crippen LogP contribution in [0.4, 0.5) is 0 Å². The second-order valence-electron chi connectivity index (χ2n) is 3.82. The second-order valence-corrected chi connectivity index (χ2v) is 3.82. The zero-order chi connectivity index (χ0) is 9.84. The summed E-state index contributed by atoms with van der Waals surface area (Å²) >= 11 is 0. The molecule has 13 heavy (non-hydrogen) atoms. The Morgan fingerprint density at radius 1 is 1.54 bits per heavy atom. The van der Waals surface area contributed by atoms with E-state index in [4.69, 9.17) is 11.5 Å². The Morgan fingerprint density at radius 2 is 2.23 bits per heavy atom.